The zero-order chi connectivity index (χ0) is 18.9. The Hall–Kier alpha value is -1.85. The average molecular weight is 382 g/mol. The number of nitrogens with one attached hydrogen (secondary N) is 1. The van der Waals surface area contributed by atoms with Crippen LogP contribution in [0.1, 0.15) is 44.3 Å². The Morgan fingerprint density at radius 2 is 1.89 bits per heavy atom. The zero-order valence-corrected chi connectivity index (χ0v) is 16.6. The molecule has 1 atom stereocenters. The van der Waals surface area contributed by atoms with Crippen molar-refractivity contribution in [2.45, 2.75) is 57.2 Å². The molecule has 1 amide bonds. The third-order valence-corrected chi connectivity index (χ3v) is 6.68. The second-order valence-electron chi connectivity index (χ2n) is 8.87. The number of nitrogens with zero attached hydrogens (tertiary/aromatic N) is 2. The summed E-state index contributed by atoms with van der Waals surface area (Å²) < 4.78 is 5.99. The minimum Gasteiger partial charge on any atom is -0.460 e. The summed E-state index contributed by atoms with van der Waals surface area (Å²) in [4.78, 5) is 17.6. The molecular formula is C23H31N3O2. The van der Waals surface area contributed by atoms with Crippen LogP contribution in [0, 0.1) is 5.92 Å². The van der Waals surface area contributed by atoms with Crippen LogP contribution in [0.15, 0.2) is 34.7 Å². The number of hydrogen-bond donors (Lipinski definition) is 1. The number of fused-ring (bicyclic) bond motifs is 1. The van der Waals surface area contributed by atoms with Gasteiger partial charge in [0, 0.05) is 37.1 Å². The van der Waals surface area contributed by atoms with Crippen molar-refractivity contribution in [2.24, 2.45) is 5.92 Å². The van der Waals surface area contributed by atoms with Crippen molar-refractivity contribution in [1.82, 2.24) is 15.1 Å². The van der Waals surface area contributed by atoms with Crippen LogP contribution in [-0.4, -0.2) is 54.0 Å². The lowest BCUT2D eigenvalue weighted by molar-refractivity contribution is -0.127. The van der Waals surface area contributed by atoms with Gasteiger partial charge in [-0.05, 0) is 57.2 Å². The van der Waals surface area contributed by atoms with E-state index in [9.17, 15) is 4.79 Å². The van der Waals surface area contributed by atoms with Crippen LogP contribution in [-0.2, 0) is 11.3 Å². The molecule has 150 valence electrons. The number of furan rings is 1. The molecule has 28 heavy (non-hydrogen) atoms. The molecule has 3 fully saturated rings. The first-order valence-electron chi connectivity index (χ1n) is 11.0. The number of likely N-dealkylation sites (tertiary alicyclic amines) is 2. The first-order chi connectivity index (χ1) is 13.7. The summed E-state index contributed by atoms with van der Waals surface area (Å²) >= 11 is 0. The van der Waals surface area contributed by atoms with Gasteiger partial charge in [0.05, 0.1) is 12.5 Å². The van der Waals surface area contributed by atoms with E-state index in [0.717, 1.165) is 56.9 Å². The Bertz CT molecular complexity index is 787. The lowest BCUT2D eigenvalue weighted by Crippen LogP contribution is -2.50. The molecule has 1 aromatic carbocycles. The molecule has 5 nitrogen and oxygen atoms in total. The number of rotatable bonds is 5. The summed E-state index contributed by atoms with van der Waals surface area (Å²) in [5, 5.41) is 4.40. The van der Waals surface area contributed by atoms with Gasteiger partial charge in [-0.25, -0.2) is 0 Å². The molecule has 2 aliphatic heterocycles. The molecule has 1 saturated carbocycles. The number of benzene rings is 1. The molecule has 3 aliphatic rings. The van der Waals surface area contributed by atoms with Gasteiger partial charge in [-0.2, -0.15) is 0 Å². The monoisotopic (exact) mass is 381 g/mol. The van der Waals surface area contributed by atoms with Crippen LogP contribution in [0.2, 0.25) is 0 Å². The maximum absolute atomic E-state index is 12.4. The van der Waals surface area contributed by atoms with E-state index in [1.807, 2.05) is 12.1 Å². The van der Waals surface area contributed by atoms with Gasteiger partial charge in [-0.1, -0.05) is 18.2 Å². The minimum absolute atomic E-state index is 0.197. The smallest absolute Gasteiger partial charge is 0.224 e. The van der Waals surface area contributed by atoms with Crippen LogP contribution in [0.5, 0.6) is 0 Å². The van der Waals surface area contributed by atoms with E-state index in [1.165, 1.54) is 31.1 Å². The molecule has 0 radical (unpaired) electrons. The highest BCUT2D eigenvalue weighted by molar-refractivity contribution is 5.79. The average Bonchev–Trinajstić information content (AvgIpc) is 3.45. The Morgan fingerprint density at radius 3 is 2.68 bits per heavy atom. The van der Waals surface area contributed by atoms with E-state index in [2.05, 4.69) is 33.3 Å². The molecule has 2 saturated heterocycles. The fourth-order valence-electron chi connectivity index (χ4n) is 4.88. The maximum Gasteiger partial charge on any atom is 0.224 e. The van der Waals surface area contributed by atoms with Gasteiger partial charge < -0.3 is 9.73 Å². The summed E-state index contributed by atoms with van der Waals surface area (Å²) in [6, 6.07) is 11.5. The van der Waals surface area contributed by atoms with E-state index < -0.39 is 0 Å². The number of carbonyl (C=O) groups is 1. The number of piperidine rings is 2. The van der Waals surface area contributed by atoms with Crippen molar-refractivity contribution < 1.29 is 9.21 Å². The lowest BCUT2D eigenvalue weighted by Gasteiger charge is -2.41. The third-order valence-electron chi connectivity index (χ3n) is 6.68. The van der Waals surface area contributed by atoms with Crippen LogP contribution in [0.25, 0.3) is 11.0 Å². The summed E-state index contributed by atoms with van der Waals surface area (Å²) in [5.41, 5.74) is 0.983. The van der Waals surface area contributed by atoms with Crippen molar-refractivity contribution in [1.29, 1.82) is 0 Å². The van der Waals surface area contributed by atoms with Gasteiger partial charge in [0.2, 0.25) is 5.91 Å². The molecule has 0 spiro atoms. The van der Waals surface area contributed by atoms with Gasteiger partial charge >= 0.3 is 0 Å². The van der Waals surface area contributed by atoms with Crippen LogP contribution < -0.4 is 5.32 Å². The summed E-state index contributed by atoms with van der Waals surface area (Å²) in [5.74, 6) is 1.56. The summed E-state index contributed by atoms with van der Waals surface area (Å²) in [6.07, 6.45) is 6.94. The lowest BCUT2D eigenvalue weighted by atomic mass is 9.93. The highest BCUT2D eigenvalue weighted by Gasteiger charge is 2.33. The highest BCUT2D eigenvalue weighted by Crippen LogP contribution is 2.27. The zero-order valence-electron chi connectivity index (χ0n) is 16.6. The van der Waals surface area contributed by atoms with Crippen molar-refractivity contribution in [3.8, 4) is 0 Å². The molecule has 1 aromatic heterocycles. The Labute approximate surface area is 167 Å². The number of hydrogen-bond acceptors (Lipinski definition) is 4. The number of amides is 1. The Balaban J connectivity index is 1.12. The van der Waals surface area contributed by atoms with Crippen LogP contribution in [0.3, 0.4) is 0 Å². The molecule has 5 heteroatoms. The fourth-order valence-corrected chi connectivity index (χ4v) is 4.88. The van der Waals surface area contributed by atoms with E-state index in [4.69, 9.17) is 4.42 Å². The minimum atomic E-state index is 0.197. The SMILES string of the molecule is O=C(NC1CC1)C1CCCN(C2CCN(Cc3cc4ccccc4o3)CC2)C1. The normalized spacial score (nSPS) is 25.2. The predicted octanol–water partition coefficient (Wildman–Crippen LogP) is 3.39. The summed E-state index contributed by atoms with van der Waals surface area (Å²) in [7, 11) is 0. The molecule has 1 unspecified atom stereocenters. The second-order valence-corrected chi connectivity index (χ2v) is 8.87. The maximum atomic E-state index is 12.4. The Morgan fingerprint density at radius 1 is 1.07 bits per heavy atom. The topological polar surface area (TPSA) is 48.7 Å². The molecule has 1 N–H and O–H groups in total. The number of para-hydroxylation sites is 1. The van der Waals surface area contributed by atoms with Gasteiger partial charge in [0.25, 0.3) is 0 Å². The standard InChI is InChI=1S/C23H31N3O2/c27-23(24-19-7-8-19)18-5-3-11-26(15-18)20-9-12-25(13-10-20)16-21-14-17-4-1-2-6-22(17)28-21/h1-2,4,6,14,18-20H,3,5,7-13,15-16H2,(H,24,27). The van der Waals surface area contributed by atoms with Crippen LogP contribution in [0.4, 0.5) is 0 Å². The number of carbonyl (C=O) groups excluding carboxylic acids is 1. The molecule has 0 bridgehead atoms. The molecular weight excluding hydrogens is 350 g/mol. The first kappa shape index (κ1) is 18.2. The second kappa shape index (κ2) is 7.88. The molecule has 5 rings (SSSR count). The predicted molar refractivity (Wildman–Crippen MR) is 110 cm³/mol. The Kier molecular flexibility index (Phi) is 5.12. The highest BCUT2D eigenvalue weighted by atomic mass is 16.3. The van der Waals surface area contributed by atoms with Crippen molar-refractivity contribution >= 4 is 16.9 Å². The van der Waals surface area contributed by atoms with Gasteiger partial charge in [0.1, 0.15) is 11.3 Å². The molecule has 2 aromatic rings. The summed E-state index contributed by atoms with van der Waals surface area (Å²) in [6.45, 7) is 5.22. The molecule has 3 heterocycles. The third kappa shape index (κ3) is 4.11. The quantitative estimate of drug-likeness (QED) is 0.863. The van der Waals surface area contributed by atoms with Gasteiger partial charge in [0.15, 0.2) is 0 Å². The molecule has 1 aliphatic carbocycles. The van der Waals surface area contributed by atoms with Gasteiger partial charge in [-0.15, -0.1) is 0 Å². The van der Waals surface area contributed by atoms with E-state index >= 15 is 0 Å². The van der Waals surface area contributed by atoms with E-state index in [1.54, 1.807) is 0 Å². The fraction of sp³-hybridized carbons (Fsp3) is 0.609. The first-order valence-corrected chi connectivity index (χ1v) is 11.0. The van der Waals surface area contributed by atoms with E-state index in [0.29, 0.717) is 18.0 Å². The van der Waals surface area contributed by atoms with Crippen molar-refractivity contribution in [3.05, 3.63) is 36.1 Å². The van der Waals surface area contributed by atoms with Crippen molar-refractivity contribution in [3.63, 3.8) is 0 Å². The van der Waals surface area contributed by atoms with Crippen molar-refractivity contribution in [2.75, 3.05) is 26.2 Å². The van der Waals surface area contributed by atoms with Crippen LogP contribution >= 0.6 is 0 Å². The van der Waals surface area contributed by atoms with E-state index in [-0.39, 0.29) is 5.92 Å². The van der Waals surface area contributed by atoms with Gasteiger partial charge in [-0.3, -0.25) is 14.6 Å². The largest absolute Gasteiger partial charge is 0.460 e.